The van der Waals surface area contributed by atoms with Crippen LogP contribution in [0.15, 0.2) is 24.3 Å². The molecule has 6 heteroatoms. The van der Waals surface area contributed by atoms with Crippen molar-refractivity contribution in [2.45, 2.75) is 44.9 Å². The van der Waals surface area contributed by atoms with Gasteiger partial charge in [-0.3, -0.25) is 0 Å². The standard InChI is InChI=1S/C14H22O6/c1-4-18-12(17)8-6-5-7-10(16)13-11(9-15)19-14(2,3)20-13/h5-8,10-11,13,15-16H,4,9H2,1-3H3/b7-5+,8-6+. The Morgan fingerprint density at radius 2 is 2.10 bits per heavy atom. The van der Waals surface area contributed by atoms with Crippen molar-refractivity contribution in [1.82, 2.24) is 0 Å². The summed E-state index contributed by atoms with van der Waals surface area (Å²) in [5.74, 6) is -1.28. The number of hydrogen-bond donors (Lipinski definition) is 2. The van der Waals surface area contributed by atoms with Gasteiger partial charge in [-0.25, -0.2) is 4.79 Å². The molecule has 1 aliphatic heterocycles. The number of aliphatic hydroxyl groups excluding tert-OH is 2. The fraction of sp³-hybridized carbons (Fsp3) is 0.643. The van der Waals surface area contributed by atoms with Crippen molar-refractivity contribution < 1.29 is 29.2 Å². The van der Waals surface area contributed by atoms with E-state index in [-0.39, 0.29) is 6.61 Å². The van der Waals surface area contributed by atoms with Crippen molar-refractivity contribution in [2.75, 3.05) is 13.2 Å². The van der Waals surface area contributed by atoms with E-state index in [1.165, 1.54) is 24.3 Å². The van der Waals surface area contributed by atoms with E-state index in [0.717, 1.165) is 0 Å². The minimum atomic E-state index is -0.944. The number of aliphatic hydroxyl groups is 2. The van der Waals surface area contributed by atoms with E-state index < -0.39 is 30.1 Å². The second-order valence-corrected chi connectivity index (χ2v) is 4.81. The second kappa shape index (κ2) is 7.54. The molecule has 1 heterocycles. The van der Waals surface area contributed by atoms with Crippen LogP contribution in [-0.2, 0) is 19.0 Å². The summed E-state index contributed by atoms with van der Waals surface area (Å²) in [6.45, 7) is 5.23. The highest BCUT2D eigenvalue weighted by Gasteiger charge is 2.43. The maximum Gasteiger partial charge on any atom is 0.330 e. The molecule has 0 amide bonds. The quantitative estimate of drug-likeness (QED) is 0.421. The van der Waals surface area contributed by atoms with Crippen LogP contribution in [0.5, 0.6) is 0 Å². The van der Waals surface area contributed by atoms with E-state index in [9.17, 15) is 15.0 Å². The lowest BCUT2D eigenvalue weighted by Crippen LogP contribution is -2.36. The second-order valence-electron chi connectivity index (χ2n) is 4.81. The highest BCUT2D eigenvalue weighted by molar-refractivity contribution is 5.82. The molecule has 0 bridgehead atoms. The molecule has 0 saturated carbocycles. The number of esters is 1. The fourth-order valence-corrected chi connectivity index (χ4v) is 1.91. The number of carbonyl (C=O) groups is 1. The van der Waals surface area contributed by atoms with Gasteiger partial charge >= 0.3 is 5.97 Å². The third-order valence-corrected chi connectivity index (χ3v) is 2.68. The largest absolute Gasteiger partial charge is 0.463 e. The van der Waals surface area contributed by atoms with Crippen LogP contribution in [0.3, 0.4) is 0 Å². The number of rotatable bonds is 6. The third-order valence-electron chi connectivity index (χ3n) is 2.68. The molecule has 0 aromatic heterocycles. The summed E-state index contributed by atoms with van der Waals surface area (Å²) in [6.07, 6.45) is 3.53. The first-order valence-electron chi connectivity index (χ1n) is 6.56. The molecule has 1 fully saturated rings. The normalized spacial score (nSPS) is 27.2. The molecule has 3 unspecified atom stereocenters. The van der Waals surface area contributed by atoms with Gasteiger partial charge in [0.15, 0.2) is 5.79 Å². The zero-order valence-electron chi connectivity index (χ0n) is 12.0. The first-order chi connectivity index (χ1) is 9.39. The lowest BCUT2D eigenvalue weighted by atomic mass is 10.1. The van der Waals surface area contributed by atoms with Crippen LogP contribution in [0.4, 0.5) is 0 Å². The Hall–Kier alpha value is -1.21. The maximum absolute atomic E-state index is 11.0. The predicted octanol–water partition coefficient (Wildman–Crippen LogP) is 0.535. The van der Waals surface area contributed by atoms with Gasteiger partial charge in [0.05, 0.1) is 13.2 Å². The Morgan fingerprint density at radius 1 is 1.40 bits per heavy atom. The SMILES string of the molecule is CCOC(=O)/C=C/C=C/C(O)C1OC(C)(C)OC1CO. The molecule has 0 radical (unpaired) electrons. The average molecular weight is 286 g/mol. The molecule has 0 aromatic rings. The number of hydrogen-bond acceptors (Lipinski definition) is 6. The van der Waals surface area contributed by atoms with Gasteiger partial charge in [0.1, 0.15) is 18.3 Å². The van der Waals surface area contributed by atoms with Gasteiger partial charge in [-0.2, -0.15) is 0 Å². The van der Waals surface area contributed by atoms with E-state index in [1.807, 2.05) is 0 Å². The highest BCUT2D eigenvalue weighted by Crippen LogP contribution is 2.30. The van der Waals surface area contributed by atoms with Crippen LogP contribution < -0.4 is 0 Å². The molecule has 2 N–H and O–H groups in total. The van der Waals surface area contributed by atoms with Crippen LogP contribution >= 0.6 is 0 Å². The monoisotopic (exact) mass is 286 g/mol. The minimum Gasteiger partial charge on any atom is -0.463 e. The molecule has 1 saturated heterocycles. The molecule has 6 nitrogen and oxygen atoms in total. The van der Waals surface area contributed by atoms with Gasteiger partial charge < -0.3 is 24.4 Å². The Kier molecular flexibility index (Phi) is 6.35. The first-order valence-corrected chi connectivity index (χ1v) is 6.56. The van der Waals surface area contributed by atoms with Crippen LogP contribution in [-0.4, -0.2) is 53.5 Å². The van der Waals surface area contributed by atoms with Gasteiger partial charge in [0.2, 0.25) is 0 Å². The molecule has 20 heavy (non-hydrogen) atoms. The smallest absolute Gasteiger partial charge is 0.330 e. The van der Waals surface area contributed by atoms with E-state index in [4.69, 9.17) is 14.2 Å². The zero-order chi connectivity index (χ0) is 15.2. The number of ether oxygens (including phenoxy) is 3. The first kappa shape index (κ1) is 16.8. The number of carbonyl (C=O) groups excluding carboxylic acids is 1. The van der Waals surface area contributed by atoms with E-state index >= 15 is 0 Å². The highest BCUT2D eigenvalue weighted by atomic mass is 16.8. The summed E-state index contributed by atoms with van der Waals surface area (Å²) in [5, 5.41) is 19.2. The maximum atomic E-state index is 11.0. The molecule has 0 aliphatic carbocycles. The van der Waals surface area contributed by atoms with Crippen LogP contribution in [0, 0.1) is 0 Å². The molecule has 114 valence electrons. The van der Waals surface area contributed by atoms with Crippen molar-refractivity contribution in [2.24, 2.45) is 0 Å². The molecular formula is C14H22O6. The van der Waals surface area contributed by atoms with E-state index in [0.29, 0.717) is 6.61 Å². The summed E-state index contributed by atoms with van der Waals surface area (Å²) < 4.78 is 15.7. The minimum absolute atomic E-state index is 0.238. The molecule has 0 aromatic carbocycles. The van der Waals surface area contributed by atoms with Crippen molar-refractivity contribution in [3.05, 3.63) is 24.3 Å². The predicted molar refractivity (Wildman–Crippen MR) is 71.8 cm³/mol. The van der Waals surface area contributed by atoms with Gasteiger partial charge in [0, 0.05) is 6.08 Å². The van der Waals surface area contributed by atoms with Crippen molar-refractivity contribution >= 4 is 5.97 Å². The Bertz CT molecular complexity index is 374. The van der Waals surface area contributed by atoms with Crippen LogP contribution in [0.2, 0.25) is 0 Å². The fourth-order valence-electron chi connectivity index (χ4n) is 1.91. The Morgan fingerprint density at radius 3 is 2.70 bits per heavy atom. The molecule has 1 aliphatic rings. The third kappa shape index (κ3) is 5.05. The summed E-state index contributed by atoms with van der Waals surface area (Å²) in [6, 6.07) is 0. The van der Waals surface area contributed by atoms with Crippen LogP contribution in [0.25, 0.3) is 0 Å². The average Bonchev–Trinajstić information content (AvgIpc) is 2.70. The van der Waals surface area contributed by atoms with Crippen molar-refractivity contribution in [3.8, 4) is 0 Å². The van der Waals surface area contributed by atoms with Crippen molar-refractivity contribution in [1.29, 1.82) is 0 Å². The molecule has 3 atom stereocenters. The summed E-state index contributed by atoms with van der Waals surface area (Å²) in [4.78, 5) is 11.0. The summed E-state index contributed by atoms with van der Waals surface area (Å²) >= 11 is 0. The van der Waals surface area contributed by atoms with Crippen molar-refractivity contribution in [3.63, 3.8) is 0 Å². The van der Waals surface area contributed by atoms with E-state index in [2.05, 4.69) is 0 Å². The molecule has 1 rings (SSSR count). The van der Waals surface area contributed by atoms with Crippen LogP contribution in [0.1, 0.15) is 20.8 Å². The van der Waals surface area contributed by atoms with Gasteiger partial charge in [-0.1, -0.05) is 18.2 Å². The lowest BCUT2D eigenvalue weighted by Gasteiger charge is -2.19. The van der Waals surface area contributed by atoms with Gasteiger partial charge in [-0.05, 0) is 20.8 Å². The van der Waals surface area contributed by atoms with Gasteiger partial charge in [-0.15, -0.1) is 0 Å². The topological polar surface area (TPSA) is 85.2 Å². The number of allylic oxidation sites excluding steroid dienone is 2. The molecular weight excluding hydrogens is 264 g/mol. The van der Waals surface area contributed by atoms with Gasteiger partial charge in [0.25, 0.3) is 0 Å². The summed E-state index contributed by atoms with van der Waals surface area (Å²) in [5.41, 5.74) is 0. The Labute approximate surface area is 118 Å². The van der Waals surface area contributed by atoms with E-state index in [1.54, 1.807) is 20.8 Å². The molecule has 0 spiro atoms. The summed E-state index contributed by atoms with van der Waals surface area (Å²) in [7, 11) is 0. The zero-order valence-corrected chi connectivity index (χ0v) is 12.0. The Balaban J connectivity index is 2.53. The lowest BCUT2D eigenvalue weighted by molar-refractivity contribution is -0.154.